The summed E-state index contributed by atoms with van der Waals surface area (Å²) in [6, 6.07) is 7.67. The molecule has 6 heteroatoms. The zero-order valence-corrected chi connectivity index (χ0v) is 15.5. The lowest BCUT2D eigenvalue weighted by Crippen LogP contribution is -2.41. The molecule has 2 aliphatic heterocycles. The summed E-state index contributed by atoms with van der Waals surface area (Å²) in [5.41, 5.74) is 4.10. The first kappa shape index (κ1) is 17.4. The van der Waals surface area contributed by atoms with Crippen molar-refractivity contribution in [3.63, 3.8) is 0 Å². The van der Waals surface area contributed by atoms with Crippen LogP contribution in [0.2, 0.25) is 0 Å². The van der Waals surface area contributed by atoms with E-state index in [0.717, 1.165) is 67.9 Å². The van der Waals surface area contributed by atoms with Gasteiger partial charge < -0.3 is 5.11 Å². The number of nitrogens with zero attached hydrogens (tertiary/aromatic N) is 4. The second-order valence-corrected chi connectivity index (χ2v) is 7.99. The van der Waals surface area contributed by atoms with Crippen LogP contribution in [0.5, 0.6) is 0 Å². The monoisotopic (exact) mass is 354 g/mol. The van der Waals surface area contributed by atoms with Gasteiger partial charge in [-0.05, 0) is 63.9 Å². The van der Waals surface area contributed by atoms with Gasteiger partial charge in [-0.2, -0.15) is 0 Å². The summed E-state index contributed by atoms with van der Waals surface area (Å²) in [6.07, 6.45) is 2.89. The zero-order valence-electron chi connectivity index (χ0n) is 15.5. The number of aryl methyl sites for hydroxylation is 1. The molecule has 0 aliphatic carbocycles. The van der Waals surface area contributed by atoms with Crippen LogP contribution in [0.25, 0.3) is 11.0 Å². The van der Waals surface area contributed by atoms with Crippen LogP contribution in [0.15, 0.2) is 24.3 Å². The summed E-state index contributed by atoms with van der Waals surface area (Å²) < 4.78 is 0. The Bertz CT molecular complexity index is 830. The minimum absolute atomic E-state index is 0.165. The molecule has 2 aliphatic rings. The topological polar surface area (TPSA) is 69.6 Å². The first-order valence-corrected chi connectivity index (χ1v) is 9.33. The molecular weight excluding hydrogens is 328 g/mol. The van der Waals surface area contributed by atoms with Gasteiger partial charge in [0.1, 0.15) is 6.04 Å². The van der Waals surface area contributed by atoms with Gasteiger partial charge in [-0.15, -0.1) is 0 Å². The summed E-state index contributed by atoms with van der Waals surface area (Å²) in [6.45, 7) is 5.73. The normalized spacial score (nSPS) is 23.7. The predicted octanol–water partition coefficient (Wildman–Crippen LogP) is 2.31. The number of carboxylic acids is 1. The van der Waals surface area contributed by atoms with E-state index in [9.17, 15) is 9.90 Å². The summed E-state index contributed by atoms with van der Waals surface area (Å²) >= 11 is 0. The van der Waals surface area contributed by atoms with Crippen molar-refractivity contribution in [3.05, 3.63) is 35.7 Å². The van der Waals surface area contributed by atoms with Gasteiger partial charge in [-0.3, -0.25) is 14.6 Å². The molecule has 2 saturated heterocycles. The van der Waals surface area contributed by atoms with Gasteiger partial charge in [-0.1, -0.05) is 12.1 Å². The number of aliphatic carboxylic acids is 1. The molecule has 2 aromatic rings. The number of benzene rings is 1. The third-order valence-corrected chi connectivity index (χ3v) is 6.16. The number of hydrogen-bond donors (Lipinski definition) is 1. The maximum atomic E-state index is 11.4. The van der Waals surface area contributed by atoms with E-state index in [4.69, 9.17) is 9.97 Å². The molecule has 26 heavy (non-hydrogen) atoms. The van der Waals surface area contributed by atoms with Gasteiger partial charge in [0.15, 0.2) is 0 Å². The molecule has 0 bridgehead atoms. The van der Waals surface area contributed by atoms with E-state index in [0.29, 0.717) is 0 Å². The van der Waals surface area contributed by atoms with Crippen molar-refractivity contribution >= 4 is 17.0 Å². The molecule has 4 rings (SSSR count). The average molecular weight is 354 g/mol. The number of aromatic nitrogens is 2. The maximum absolute atomic E-state index is 11.4. The van der Waals surface area contributed by atoms with Crippen molar-refractivity contribution in [1.82, 2.24) is 19.8 Å². The van der Waals surface area contributed by atoms with Crippen LogP contribution in [0.3, 0.4) is 0 Å². The highest BCUT2D eigenvalue weighted by Gasteiger charge is 2.46. The summed E-state index contributed by atoms with van der Waals surface area (Å²) in [5, 5.41) is 9.39. The van der Waals surface area contributed by atoms with Gasteiger partial charge in [0.2, 0.25) is 0 Å². The predicted molar refractivity (Wildman–Crippen MR) is 99.9 cm³/mol. The average Bonchev–Trinajstić information content (AvgIpc) is 2.94. The number of carbonyl (C=O) groups is 1. The summed E-state index contributed by atoms with van der Waals surface area (Å²) in [7, 11) is 1.94. The highest BCUT2D eigenvalue weighted by molar-refractivity contribution is 5.74. The van der Waals surface area contributed by atoms with E-state index in [2.05, 4.69) is 4.90 Å². The van der Waals surface area contributed by atoms with Crippen molar-refractivity contribution < 1.29 is 9.90 Å². The van der Waals surface area contributed by atoms with Crippen molar-refractivity contribution in [3.8, 4) is 0 Å². The second kappa shape index (κ2) is 6.59. The standard InChI is InChI=1S/C20H26N4O2/c1-14-17(22-16-6-4-3-5-15(16)21-14)12-24-9-7-20(8-10-24)11-18(19(25)26)23(2)13-20/h3-6,18H,7-13H2,1-2H3,(H,25,26). The van der Waals surface area contributed by atoms with Crippen LogP contribution in [0.4, 0.5) is 0 Å². The Morgan fingerprint density at radius 2 is 1.88 bits per heavy atom. The molecular formula is C20H26N4O2. The van der Waals surface area contributed by atoms with E-state index in [-0.39, 0.29) is 11.5 Å². The zero-order chi connectivity index (χ0) is 18.3. The van der Waals surface area contributed by atoms with Crippen LogP contribution < -0.4 is 0 Å². The minimum Gasteiger partial charge on any atom is -0.480 e. The Morgan fingerprint density at radius 1 is 1.23 bits per heavy atom. The van der Waals surface area contributed by atoms with E-state index in [1.807, 2.05) is 43.1 Å². The van der Waals surface area contributed by atoms with Crippen molar-refractivity contribution in [2.45, 2.75) is 38.8 Å². The number of likely N-dealkylation sites (N-methyl/N-ethyl adjacent to an activating group) is 1. The molecule has 2 fully saturated rings. The molecule has 0 radical (unpaired) electrons. The quantitative estimate of drug-likeness (QED) is 0.912. The fourth-order valence-electron chi connectivity index (χ4n) is 4.58. The Kier molecular flexibility index (Phi) is 4.40. The summed E-state index contributed by atoms with van der Waals surface area (Å²) in [4.78, 5) is 25.4. The lowest BCUT2D eigenvalue weighted by Gasteiger charge is -2.39. The number of carboxylic acid groups (broad SMARTS) is 1. The molecule has 1 N–H and O–H groups in total. The van der Waals surface area contributed by atoms with E-state index < -0.39 is 5.97 Å². The highest BCUT2D eigenvalue weighted by Crippen LogP contribution is 2.43. The number of para-hydroxylation sites is 2. The van der Waals surface area contributed by atoms with Gasteiger partial charge in [-0.25, -0.2) is 9.97 Å². The number of piperidine rings is 1. The molecule has 1 unspecified atom stereocenters. The van der Waals surface area contributed by atoms with Crippen LogP contribution in [-0.4, -0.2) is 63.6 Å². The first-order valence-electron chi connectivity index (χ1n) is 9.33. The van der Waals surface area contributed by atoms with E-state index >= 15 is 0 Å². The molecule has 1 aromatic heterocycles. The second-order valence-electron chi connectivity index (χ2n) is 7.99. The van der Waals surface area contributed by atoms with Crippen LogP contribution in [0, 0.1) is 12.3 Å². The molecule has 3 heterocycles. The first-order chi connectivity index (χ1) is 12.5. The van der Waals surface area contributed by atoms with Crippen molar-refractivity contribution in [1.29, 1.82) is 0 Å². The highest BCUT2D eigenvalue weighted by atomic mass is 16.4. The number of fused-ring (bicyclic) bond motifs is 1. The molecule has 0 amide bonds. The molecule has 1 atom stereocenters. The smallest absolute Gasteiger partial charge is 0.320 e. The van der Waals surface area contributed by atoms with Gasteiger partial charge in [0.25, 0.3) is 0 Å². The SMILES string of the molecule is Cc1nc2ccccc2nc1CN1CCC2(CC1)CC(C(=O)O)N(C)C2. The molecule has 0 saturated carbocycles. The number of hydrogen-bond acceptors (Lipinski definition) is 5. The third kappa shape index (κ3) is 3.19. The van der Waals surface area contributed by atoms with E-state index in [1.54, 1.807) is 0 Å². The maximum Gasteiger partial charge on any atom is 0.320 e. The van der Waals surface area contributed by atoms with Gasteiger partial charge in [0.05, 0.1) is 22.4 Å². The fourth-order valence-corrected chi connectivity index (χ4v) is 4.58. The van der Waals surface area contributed by atoms with Gasteiger partial charge >= 0.3 is 5.97 Å². The largest absolute Gasteiger partial charge is 0.480 e. The Morgan fingerprint density at radius 3 is 2.50 bits per heavy atom. The molecule has 1 spiro atoms. The number of likely N-dealkylation sites (tertiary alicyclic amines) is 2. The van der Waals surface area contributed by atoms with Gasteiger partial charge in [0, 0.05) is 13.1 Å². The van der Waals surface area contributed by atoms with Crippen molar-refractivity contribution in [2.75, 3.05) is 26.7 Å². The molecule has 138 valence electrons. The van der Waals surface area contributed by atoms with Crippen LogP contribution >= 0.6 is 0 Å². The lowest BCUT2D eigenvalue weighted by atomic mass is 9.76. The Labute approximate surface area is 153 Å². The Hall–Kier alpha value is -2.05. The third-order valence-electron chi connectivity index (χ3n) is 6.16. The van der Waals surface area contributed by atoms with Crippen LogP contribution in [0.1, 0.15) is 30.7 Å². The van der Waals surface area contributed by atoms with Crippen molar-refractivity contribution in [2.24, 2.45) is 5.41 Å². The molecule has 6 nitrogen and oxygen atoms in total. The fraction of sp³-hybridized carbons (Fsp3) is 0.550. The minimum atomic E-state index is -0.686. The summed E-state index contributed by atoms with van der Waals surface area (Å²) in [5.74, 6) is -0.686. The van der Waals surface area contributed by atoms with Crippen LogP contribution in [-0.2, 0) is 11.3 Å². The number of rotatable bonds is 3. The lowest BCUT2D eigenvalue weighted by molar-refractivity contribution is -0.141. The molecule has 1 aromatic carbocycles. The van der Waals surface area contributed by atoms with E-state index in [1.165, 1.54) is 0 Å². The Balaban J connectivity index is 1.43.